The smallest absolute Gasteiger partial charge is 0.115 e. The van der Waals surface area contributed by atoms with Crippen LogP contribution in [0.3, 0.4) is 0 Å². The summed E-state index contributed by atoms with van der Waals surface area (Å²) < 4.78 is 0. The summed E-state index contributed by atoms with van der Waals surface area (Å²) in [5.74, 6) is 0.348. The molecule has 0 unspecified atom stereocenters. The number of phenolic OH excluding ortho intramolecular Hbond substituents is 1. The number of fused-ring (bicyclic) bond motifs is 1. The van der Waals surface area contributed by atoms with Gasteiger partial charge in [0.1, 0.15) is 5.75 Å². The van der Waals surface area contributed by atoms with Crippen LogP contribution in [0, 0.1) is 0 Å². The van der Waals surface area contributed by atoms with Gasteiger partial charge in [-0.15, -0.1) is 0 Å². The number of aromatic amines is 1. The minimum Gasteiger partial charge on any atom is -0.508 e. The molecular formula is C19H22N4O. The summed E-state index contributed by atoms with van der Waals surface area (Å²) in [5.41, 5.74) is 3.61. The molecular weight excluding hydrogens is 300 g/mol. The van der Waals surface area contributed by atoms with Crippen LogP contribution in [0.2, 0.25) is 0 Å². The van der Waals surface area contributed by atoms with Gasteiger partial charge in [0.2, 0.25) is 0 Å². The molecule has 0 atom stereocenters. The Balaban J connectivity index is 1.32. The van der Waals surface area contributed by atoms with Crippen molar-refractivity contribution in [1.29, 1.82) is 0 Å². The molecule has 1 fully saturated rings. The minimum absolute atomic E-state index is 0.348. The van der Waals surface area contributed by atoms with Gasteiger partial charge in [0.25, 0.3) is 0 Å². The van der Waals surface area contributed by atoms with E-state index < -0.39 is 0 Å². The number of H-pyrrole nitrogens is 1. The Kier molecular flexibility index (Phi) is 4.19. The first-order valence-corrected chi connectivity index (χ1v) is 8.41. The zero-order valence-corrected chi connectivity index (χ0v) is 13.7. The quantitative estimate of drug-likeness (QED) is 0.775. The third kappa shape index (κ3) is 3.42. The van der Waals surface area contributed by atoms with Crippen molar-refractivity contribution in [3.8, 4) is 5.75 Å². The fourth-order valence-electron chi connectivity index (χ4n) is 3.36. The van der Waals surface area contributed by atoms with Gasteiger partial charge in [-0.25, -0.2) is 0 Å². The summed E-state index contributed by atoms with van der Waals surface area (Å²) in [6.45, 7) is 6.14. The molecule has 1 saturated heterocycles. The van der Waals surface area contributed by atoms with Crippen LogP contribution in [0.15, 0.2) is 48.7 Å². The summed E-state index contributed by atoms with van der Waals surface area (Å²) >= 11 is 0. The number of hydrogen-bond donors (Lipinski definition) is 2. The Bertz CT molecular complexity index is 821. The number of nitrogens with zero attached hydrogens (tertiary/aromatic N) is 3. The van der Waals surface area contributed by atoms with Crippen LogP contribution in [0.1, 0.15) is 11.1 Å². The number of nitrogens with one attached hydrogen (secondary N) is 1. The van der Waals surface area contributed by atoms with E-state index in [-0.39, 0.29) is 0 Å². The summed E-state index contributed by atoms with van der Waals surface area (Å²) in [6.07, 6.45) is 1.86. The summed E-state index contributed by atoms with van der Waals surface area (Å²) in [5, 5.41) is 17.9. The van der Waals surface area contributed by atoms with E-state index >= 15 is 0 Å². The van der Waals surface area contributed by atoms with Gasteiger partial charge in [-0.05, 0) is 29.3 Å². The van der Waals surface area contributed by atoms with E-state index in [0.717, 1.165) is 50.2 Å². The molecule has 124 valence electrons. The second kappa shape index (κ2) is 6.63. The number of aromatic hydroxyl groups is 1. The molecule has 2 aromatic carbocycles. The predicted molar refractivity (Wildman–Crippen MR) is 94.8 cm³/mol. The lowest BCUT2D eigenvalue weighted by molar-refractivity contribution is 0.122. The zero-order valence-electron chi connectivity index (χ0n) is 13.7. The fourth-order valence-corrected chi connectivity index (χ4v) is 3.36. The van der Waals surface area contributed by atoms with E-state index in [9.17, 15) is 5.11 Å². The highest BCUT2D eigenvalue weighted by Crippen LogP contribution is 2.17. The summed E-state index contributed by atoms with van der Waals surface area (Å²) in [6, 6.07) is 14.1. The molecule has 0 amide bonds. The third-order valence-electron chi connectivity index (χ3n) is 4.69. The molecule has 0 spiro atoms. The average Bonchev–Trinajstić information content (AvgIpc) is 3.04. The van der Waals surface area contributed by atoms with Gasteiger partial charge in [0, 0.05) is 44.7 Å². The number of phenols is 1. The monoisotopic (exact) mass is 322 g/mol. The maximum absolute atomic E-state index is 9.57. The SMILES string of the molecule is Oc1cccc(CN2CCN(Cc3ccc4cn[nH]c4c3)CC2)c1. The highest BCUT2D eigenvalue weighted by atomic mass is 16.3. The lowest BCUT2D eigenvalue weighted by Crippen LogP contribution is -2.45. The largest absolute Gasteiger partial charge is 0.508 e. The second-order valence-corrected chi connectivity index (χ2v) is 6.51. The second-order valence-electron chi connectivity index (χ2n) is 6.51. The number of benzene rings is 2. The van der Waals surface area contributed by atoms with Crippen LogP contribution in [-0.4, -0.2) is 51.3 Å². The predicted octanol–water partition coefficient (Wildman–Crippen LogP) is 2.59. The van der Waals surface area contributed by atoms with Gasteiger partial charge in [0.15, 0.2) is 0 Å². The maximum Gasteiger partial charge on any atom is 0.115 e. The Labute approximate surface area is 141 Å². The van der Waals surface area contributed by atoms with Gasteiger partial charge in [-0.2, -0.15) is 5.10 Å². The minimum atomic E-state index is 0.348. The Morgan fingerprint density at radius 2 is 1.62 bits per heavy atom. The Morgan fingerprint density at radius 1 is 0.917 bits per heavy atom. The molecule has 3 aromatic rings. The van der Waals surface area contributed by atoms with Crippen molar-refractivity contribution in [3.05, 3.63) is 59.8 Å². The lowest BCUT2D eigenvalue weighted by Gasteiger charge is -2.34. The first kappa shape index (κ1) is 15.2. The molecule has 4 rings (SSSR count). The van der Waals surface area contributed by atoms with Crippen molar-refractivity contribution >= 4 is 10.9 Å². The molecule has 5 heteroatoms. The standard InChI is InChI=1S/C19H22N4O/c24-18-3-1-2-15(10-18)13-22-6-8-23(9-7-22)14-16-4-5-17-12-20-21-19(17)11-16/h1-5,10-12,24H,6-9,13-14H2,(H,20,21). The molecule has 2 N–H and O–H groups in total. The van der Waals surface area contributed by atoms with E-state index in [0.29, 0.717) is 5.75 Å². The molecule has 0 saturated carbocycles. The number of aromatic nitrogens is 2. The molecule has 0 bridgehead atoms. The van der Waals surface area contributed by atoms with Crippen LogP contribution in [-0.2, 0) is 13.1 Å². The Hall–Kier alpha value is -2.37. The maximum atomic E-state index is 9.57. The third-order valence-corrected chi connectivity index (χ3v) is 4.69. The van der Waals surface area contributed by atoms with Gasteiger partial charge in [0.05, 0.1) is 11.7 Å². The first-order chi connectivity index (χ1) is 11.8. The van der Waals surface area contributed by atoms with E-state index in [4.69, 9.17) is 0 Å². The Morgan fingerprint density at radius 3 is 2.33 bits per heavy atom. The van der Waals surface area contributed by atoms with Crippen molar-refractivity contribution in [2.75, 3.05) is 26.2 Å². The molecule has 1 aliphatic heterocycles. The van der Waals surface area contributed by atoms with Crippen molar-refractivity contribution in [2.45, 2.75) is 13.1 Å². The summed E-state index contributed by atoms with van der Waals surface area (Å²) in [7, 11) is 0. The molecule has 2 heterocycles. The topological polar surface area (TPSA) is 55.4 Å². The van der Waals surface area contributed by atoms with E-state index in [1.807, 2.05) is 18.3 Å². The van der Waals surface area contributed by atoms with Gasteiger partial charge in [-0.3, -0.25) is 14.9 Å². The van der Waals surface area contributed by atoms with Crippen LogP contribution in [0.4, 0.5) is 0 Å². The van der Waals surface area contributed by atoms with Gasteiger partial charge < -0.3 is 5.11 Å². The molecule has 0 aliphatic carbocycles. The van der Waals surface area contributed by atoms with Gasteiger partial charge >= 0.3 is 0 Å². The normalized spacial score (nSPS) is 16.7. The number of rotatable bonds is 4. The zero-order chi connectivity index (χ0) is 16.4. The van der Waals surface area contributed by atoms with E-state index in [2.05, 4.69) is 44.3 Å². The molecule has 0 radical (unpaired) electrons. The molecule has 1 aliphatic rings. The number of piperazine rings is 1. The van der Waals surface area contributed by atoms with Crippen LogP contribution >= 0.6 is 0 Å². The van der Waals surface area contributed by atoms with Crippen molar-refractivity contribution in [1.82, 2.24) is 20.0 Å². The van der Waals surface area contributed by atoms with Crippen LogP contribution < -0.4 is 0 Å². The number of hydrogen-bond acceptors (Lipinski definition) is 4. The van der Waals surface area contributed by atoms with Crippen molar-refractivity contribution in [3.63, 3.8) is 0 Å². The molecule has 24 heavy (non-hydrogen) atoms. The van der Waals surface area contributed by atoms with Crippen LogP contribution in [0.5, 0.6) is 5.75 Å². The van der Waals surface area contributed by atoms with Crippen molar-refractivity contribution in [2.24, 2.45) is 0 Å². The summed E-state index contributed by atoms with van der Waals surface area (Å²) in [4.78, 5) is 4.94. The highest BCUT2D eigenvalue weighted by Gasteiger charge is 2.17. The molecule has 1 aromatic heterocycles. The molecule has 5 nitrogen and oxygen atoms in total. The van der Waals surface area contributed by atoms with Crippen molar-refractivity contribution < 1.29 is 5.11 Å². The average molecular weight is 322 g/mol. The van der Waals surface area contributed by atoms with Gasteiger partial charge in [-0.1, -0.05) is 24.3 Å². The fraction of sp³-hybridized carbons (Fsp3) is 0.316. The first-order valence-electron chi connectivity index (χ1n) is 8.41. The van der Waals surface area contributed by atoms with Crippen LogP contribution in [0.25, 0.3) is 10.9 Å². The van der Waals surface area contributed by atoms with E-state index in [1.165, 1.54) is 11.1 Å². The highest BCUT2D eigenvalue weighted by molar-refractivity contribution is 5.78. The van der Waals surface area contributed by atoms with E-state index in [1.54, 1.807) is 6.07 Å². The lowest BCUT2D eigenvalue weighted by atomic mass is 10.1.